The number of likely N-dealkylation sites (tertiary alicyclic amines) is 2. The van der Waals surface area contributed by atoms with Gasteiger partial charge in [0.15, 0.2) is 13.2 Å². The van der Waals surface area contributed by atoms with E-state index in [9.17, 15) is 19.2 Å². The molecule has 8 rings (SSSR count). The third-order valence-electron chi connectivity index (χ3n) is 12.5. The first-order valence-electron chi connectivity index (χ1n) is 22.0. The summed E-state index contributed by atoms with van der Waals surface area (Å²) in [6.07, 6.45) is 1.92. The molecule has 0 radical (unpaired) electrons. The molecule has 354 valence electrons. The van der Waals surface area contributed by atoms with E-state index in [-0.39, 0.29) is 0 Å². The predicted octanol–water partition coefficient (Wildman–Crippen LogP) is 10.7. The Morgan fingerprint density at radius 1 is 0.544 bits per heavy atom. The first-order chi connectivity index (χ1) is 32.8. The number of aryl methyl sites for hydroxylation is 2. The largest absolute Gasteiger partial charge is 0.447 e. The molecule has 0 atom stereocenters. The van der Waals surface area contributed by atoms with Crippen LogP contribution >= 0.6 is 69.1 Å². The maximum atomic E-state index is 14.6. The van der Waals surface area contributed by atoms with Crippen molar-refractivity contribution >= 4 is 104 Å². The van der Waals surface area contributed by atoms with E-state index in [1.54, 1.807) is 9.80 Å². The molecule has 0 saturated carbocycles. The van der Waals surface area contributed by atoms with Gasteiger partial charge in [-0.25, -0.2) is 19.6 Å². The van der Waals surface area contributed by atoms with Crippen molar-refractivity contribution in [3.63, 3.8) is 0 Å². The molecule has 0 unspecified atom stereocenters. The standard InChI is InChI=1S/C50H48Cl4N6O6S2/c1-33-31-67-47(55-33)49(19-23-57(24-20-49)27-37-39(51)15-9-16-40(37)52)59(35-11-5-3-6-12-35)43(61)29-65-45(63)46(64)66-30-44(62)60(36-13-7-4-8-14-36)50(48-56-34(2)32-68-48)21-25-58(26-22-50)28-38-41(53)17-10-18-42(38)54/h3-18,31-32H,19-30H2,1-2H3. The number of amides is 2. The highest BCUT2D eigenvalue weighted by atomic mass is 35.5. The van der Waals surface area contributed by atoms with Gasteiger partial charge in [0, 0.05) is 104 Å². The van der Waals surface area contributed by atoms with Gasteiger partial charge in [-0.05, 0) is 88.1 Å². The molecule has 0 bridgehead atoms. The van der Waals surface area contributed by atoms with E-state index in [4.69, 9.17) is 65.8 Å². The molecule has 18 heteroatoms. The number of anilines is 2. The summed E-state index contributed by atoms with van der Waals surface area (Å²) in [6.45, 7) is 5.54. The van der Waals surface area contributed by atoms with Crippen LogP contribution in [-0.4, -0.2) is 82.9 Å². The molecule has 2 aliphatic heterocycles. The van der Waals surface area contributed by atoms with E-state index in [1.165, 1.54) is 22.7 Å². The van der Waals surface area contributed by atoms with Crippen LogP contribution in [0.2, 0.25) is 20.1 Å². The van der Waals surface area contributed by atoms with Gasteiger partial charge in [-0.3, -0.25) is 29.2 Å². The summed E-state index contributed by atoms with van der Waals surface area (Å²) in [7, 11) is 0. The van der Waals surface area contributed by atoms with Gasteiger partial charge < -0.3 is 9.47 Å². The van der Waals surface area contributed by atoms with Crippen molar-refractivity contribution in [2.24, 2.45) is 0 Å². The number of benzene rings is 4. The molecule has 0 spiro atoms. The molecule has 12 nitrogen and oxygen atoms in total. The van der Waals surface area contributed by atoms with Crippen molar-refractivity contribution in [2.45, 2.75) is 63.7 Å². The number of nitrogens with zero attached hydrogens (tertiary/aromatic N) is 6. The fourth-order valence-electron chi connectivity index (χ4n) is 9.09. The highest BCUT2D eigenvalue weighted by Crippen LogP contribution is 2.46. The van der Waals surface area contributed by atoms with Crippen LogP contribution in [-0.2, 0) is 52.8 Å². The second kappa shape index (κ2) is 21.8. The number of carbonyl (C=O) groups is 4. The molecule has 2 fully saturated rings. The lowest BCUT2D eigenvalue weighted by atomic mass is 9.85. The minimum Gasteiger partial charge on any atom is -0.447 e. The zero-order valence-corrected chi connectivity index (χ0v) is 42.0. The lowest BCUT2D eigenvalue weighted by Gasteiger charge is -2.47. The second-order valence-electron chi connectivity index (χ2n) is 16.9. The average molecular weight is 1030 g/mol. The summed E-state index contributed by atoms with van der Waals surface area (Å²) in [4.78, 5) is 73.5. The van der Waals surface area contributed by atoms with Crippen LogP contribution in [0.1, 0.15) is 58.2 Å². The number of ether oxygens (including phenoxy) is 2. The Balaban J connectivity index is 0.977. The maximum absolute atomic E-state index is 14.6. The highest BCUT2D eigenvalue weighted by Gasteiger charge is 2.49. The first-order valence-corrected chi connectivity index (χ1v) is 25.3. The second-order valence-corrected chi connectivity index (χ2v) is 20.2. The molecule has 4 heterocycles. The SMILES string of the molecule is Cc1csc(C2(N(C(=O)COC(=O)C(=O)OCC(=O)N(c3ccccc3)C3(c4nc(C)cs4)CCN(Cc4c(Cl)cccc4Cl)CC3)c3ccccc3)CCN(Cc3c(Cl)cccc3Cl)CC2)n1. The number of carbonyl (C=O) groups excluding carboxylic acids is 4. The smallest absolute Gasteiger partial charge is 0.418 e. The third-order valence-corrected chi connectivity index (χ3v) is 16.2. The van der Waals surface area contributed by atoms with Gasteiger partial charge >= 0.3 is 11.9 Å². The van der Waals surface area contributed by atoms with Crippen LogP contribution in [0, 0.1) is 13.8 Å². The molecule has 2 aliphatic rings. The number of rotatable bonds is 14. The molecule has 2 amide bonds. The van der Waals surface area contributed by atoms with E-state index in [0.29, 0.717) is 96.4 Å². The summed E-state index contributed by atoms with van der Waals surface area (Å²) >= 11 is 29.1. The molecule has 2 saturated heterocycles. The zero-order valence-electron chi connectivity index (χ0n) is 37.3. The molecular formula is C50H48Cl4N6O6S2. The zero-order chi connectivity index (χ0) is 48.0. The quantitative estimate of drug-likeness (QED) is 0.0769. The van der Waals surface area contributed by atoms with Gasteiger partial charge in [0.25, 0.3) is 11.8 Å². The molecular weight excluding hydrogens is 987 g/mol. The number of piperidine rings is 2. The molecule has 68 heavy (non-hydrogen) atoms. The number of halogens is 4. The molecule has 4 aromatic carbocycles. The molecule has 0 N–H and O–H groups in total. The first kappa shape index (κ1) is 49.5. The van der Waals surface area contributed by atoms with Gasteiger partial charge in [0.1, 0.15) is 21.1 Å². The van der Waals surface area contributed by atoms with E-state index >= 15 is 0 Å². The number of hydrogen-bond donors (Lipinski definition) is 0. The van der Waals surface area contributed by atoms with Gasteiger partial charge in [0.2, 0.25) is 0 Å². The van der Waals surface area contributed by atoms with E-state index in [1.807, 2.05) is 122 Å². The van der Waals surface area contributed by atoms with Gasteiger partial charge in [0.05, 0.1) is 0 Å². The molecule has 2 aromatic heterocycles. The Morgan fingerprint density at radius 3 is 1.19 bits per heavy atom. The Morgan fingerprint density at radius 2 is 0.882 bits per heavy atom. The molecule has 0 aliphatic carbocycles. The van der Waals surface area contributed by atoms with Crippen molar-refractivity contribution in [1.82, 2.24) is 19.8 Å². The summed E-state index contributed by atoms with van der Waals surface area (Å²) in [5, 5.41) is 7.65. The van der Waals surface area contributed by atoms with Crippen molar-refractivity contribution in [3.05, 3.63) is 160 Å². The van der Waals surface area contributed by atoms with E-state index in [0.717, 1.165) is 32.5 Å². The minimum absolute atomic E-state index is 0.481. The Labute approximate surface area is 423 Å². The lowest BCUT2D eigenvalue weighted by Crippen LogP contribution is -2.57. The van der Waals surface area contributed by atoms with Crippen LogP contribution in [0.3, 0.4) is 0 Å². The fraction of sp³-hybridized carbons (Fsp3) is 0.320. The summed E-state index contributed by atoms with van der Waals surface area (Å²) < 4.78 is 10.8. The highest BCUT2D eigenvalue weighted by molar-refractivity contribution is 7.10. The average Bonchev–Trinajstić information content (AvgIpc) is 4.00. The van der Waals surface area contributed by atoms with Crippen molar-refractivity contribution in [3.8, 4) is 0 Å². The summed E-state index contributed by atoms with van der Waals surface area (Å²) in [5.41, 5.74) is 2.54. The van der Waals surface area contributed by atoms with Crippen molar-refractivity contribution < 1.29 is 28.7 Å². The normalized spacial score (nSPS) is 15.9. The van der Waals surface area contributed by atoms with E-state index in [2.05, 4.69) is 9.80 Å². The van der Waals surface area contributed by atoms with Crippen LogP contribution in [0.5, 0.6) is 0 Å². The monoisotopic (exact) mass is 1030 g/mol. The number of esters is 2. The van der Waals surface area contributed by atoms with Crippen LogP contribution in [0.15, 0.2) is 108 Å². The third kappa shape index (κ3) is 10.8. The van der Waals surface area contributed by atoms with Crippen LogP contribution in [0.25, 0.3) is 0 Å². The number of thiazole rings is 2. The number of aromatic nitrogens is 2. The van der Waals surface area contributed by atoms with E-state index < -0.39 is 48.0 Å². The Hall–Kier alpha value is -4.90. The van der Waals surface area contributed by atoms with Crippen molar-refractivity contribution in [1.29, 1.82) is 0 Å². The van der Waals surface area contributed by atoms with Crippen molar-refractivity contribution in [2.75, 3.05) is 49.2 Å². The Bertz CT molecular complexity index is 2530. The predicted molar refractivity (Wildman–Crippen MR) is 269 cm³/mol. The maximum Gasteiger partial charge on any atom is 0.418 e. The fourth-order valence-corrected chi connectivity index (χ4v) is 12.2. The Kier molecular flexibility index (Phi) is 15.9. The van der Waals surface area contributed by atoms with Crippen LogP contribution in [0.4, 0.5) is 11.4 Å². The van der Waals surface area contributed by atoms with Crippen LogP contribution < -0.4 is 9.80 Å². The summed E-state index contributed by atoms with van der Waals surface area (Å²) in [5.74, 6) is -3.95. The number of para-hydroxylation sites is 2. The topological polar surface area (TPSA) is 125 Å². The van der Waals surface area contributed by atoms with Gasteiger partial charge in [-0.1, -0.05) is 94.9 Å². The number of hydrogen-bond acceptors (Lipinski definition) is 12. The van der Waals surface area contributed by atoms with Gasteiger partial charge in [-0.2, -0.15) is 0 Å². The van der Waals surface area contributed by atoms with Gasteiger partial charge in [-0.15, -0.1) is 22.7 Å². The molecule has 6 aromatic rings. The summed E-state index contributed by atoms with van der Waals surface area (Å²) in [6, 6.07) is 29.1. The lowest BCUT2D eigenvalue weighted by molar-refractivity contribution is -0.169. The minimum atomic E-state index is -1.41.